The number of aromatic nitrogens is 1. The van der Waals surface area contributed by atoms with Crippen LogP contribution in [0.5, 0.6) is 5.75 Å². The molecule has 0 radical (unpaired) electrons. The molecule has 2 N–H and O–H groups in total. The zero-order chi connectivity index (χ0) is 13.0. The van der Waals surface area contributed by atoms with Gasteiger partial charge in [-0.3, -0.25) is 9.78 Å². The van der Waals surface area contributed by atoms with Gasteiger partial charge in [0.25, 0.3) is 0 Å². The fourth-order valence-corrected chi connectivity index (χ4v) is 1.54. The van der Waals surface area contributed by atoms with Gasteiger partial charge in [0.1, 0.15) is 18.4 Å². The Labute approximate surface area is 105 Å². The van der Waals surface area contributed by atoms with E-state index in [0.717, 1.165) is 10.9 Å². The van der Waals surface area contributed by atoms with Gasteiger partial charge in [-0.05, 0) is 18.2 Å². The van der Waals surface area contributed by atoms with Crippen molar-refractivity contribution in [2.75, 3.05) is 13.7 Å². The second kappa shape index (κ2) is 5.46. The molecular formula is C13H14N2O3. The molecule has 0 saturated carbocycles. The maximum atomic E-state index is 11.1. The minimum Gasteiger partial charge on any atom is -0.491 e. The summed E-state index contributed by atoms with van der Waals surface area (Å²) in [5, 5.41) is 1.03. The number of rotatable bonds is 4. The molecule has 5 heteroatoms. The average Bonchev–Trinajstić information content (AvgIpc) is 2.43. The van der Waals surface area contributed by atoms with E-state index in [4.69, 9.17) is 10.5 Å². The molecule has 0 fully saturated rings. The quantitative estimate of drug-likeness (QED) is 0.818. The van der Waals surface area contributed by atoms with Crippen LogP contribution < -0.4 is 10.5 Å². The molecule has 0 bridgehead atoms. The van der Waals surface area contributed by atoms with Gasteiger partial charge in [-0.1, -0.05) is 6.07 Å². The van der Waals surface area contributed by atoms with E-state index < -0.39 is 12.0 Å². The maximum absolute atomic E-state index is 11.1. The molecule has 1 aromatic carbocycles. The zero-order valence-corrected chi connectivity index (χ0v) is 10.00. The number of carbonyl (C=O) groups excluding carboxylic acids is 1. The van der Waals surface area contributed by atoms with Crippen LogP contribution in [-0.4, -0.2) is 30.7 Å². The number of hydrogen-bond acceptors (Lipinski definition) is 5. The molecule has 1 unspecified atom stereocenters. The topological polar surface area (TPSA) is 74.4 Å². The van der Waals surface area contributed by atoms with E-state index in [9.17, 15) is 4.79 Å². The normalized spacial score (nSPS) is 12.1. The minimum atomic E-state index is -0.783. The van der Waals surface area contributed by atoms with Crippen molar-refractivity contribution in [2.45, 2.75) is 6.04 Å². The summed E-state index contributed by atoms with van der Waals surface area (Å²) in [5.41, 5.74) is 6.41. The molecule has 0 saturated heterocycles. The lowest BCUT2D eigenvalue weighted by molar-refractivity contribution is -0.142. The molecule has 0 spiro atoms. The van der Waals surface area contributed by atoms with Crippen LogP contribution in [0.1, 0.15) is 0 Å². The van der Waals surface area contributed by atoms with Crippen LogP contribution in [0.2, 0.25) is 0 Å². The number of nitrogens with two attached hydrogens (primary N) is 1. The van der Waals surface area contributed by atoms with Gasteiger partial charge in [-0.15, -0.1) is 0 Å². The Bertz CT molecular complexity index is 557. The number of nitrogens with zero attached hydrogens (tertiary/aromatic N) is 1. The van der Waals surface area contributed by atoms with Crippen molar-refractivity contribution in [3.05, 3.63) is 36.5 Å². The van der Waals surface area contributed by atoms with Crippen LogP contribution in [-0.2, 0) is 9.53 Å². The molecule has 18 heavy (non-hydrogen) atoms. The Morgan fingerprint density at radius 3 is 3.06 bits per heavy atom. The molecule has 0 aliphatic carbocycles. The number of esters is 1. The summed E-state index contributed by atoms with van der Waals surface area (Å²) in [7, 11) is 1.29. The summed E-state index contributed by atoms with van der Waals surface area (Å²) in [5.74, 6) is 0.134. The highest BCUT2D eigenvalue weighted by Gasteiger charge is 2.14. The standard InChI is InChI=1S/C13H14N2O3/c1-17-13(16)11(14)8-18-10-5-4-9-3-2-6-15-12(9)7-10/h2-7,11H,8,14H2,1H3. The van der Waals surface area contributed by atoms with Gasteiger partial charge in [0.2, 0.25) is 0 Å². The van der Waals surface area contributed by atoms with Crippen molar-refractivity contribution in [3.63, 3.8) is 0 Å². The van der Waals surface area contributed by atoms with Crippen molar-refractivity contribution < 1.29 is 14.3 Å². The summed E-state index contributed by atoms with van der Waals surface area (Å²) in [4.78, 5) is 15.3. The largest absolute Gasteiger partial charge is 0.491 e. The highest BCUT2D eigenvalue weighted by atomic mass is 16.5. The van der Waals surface area contributed by atoms with Crippen molar-refractivity contribution in [2.24, 2.45) is 5.73 Å². The highest BCUT2D eigenvalue weighted by Crippen LogP contribution is 2.18. The number of benzene rings is 1. The third-order valence-electron chi connectivity index (χ3n) is 2.51. The first kappa shape index (κ1) is 12.3. The van der Waals surface area contributed by atoms with Crippen LogP contribution in [0, 0.1) is 0 Å². The number of fused-ring (bicyclic) bond motifs is 1. The molecule has 2 rings (SSSR count). The van der Waals surface area contributed by atoms with Crippen molar-refractivity contribution in [1.29, 1.82) is 0 Å². The Morgan fingerprint density at radius 2 is 2.28 bits per heavy atom. The fraction of sp³-hybridized carbons (Fsp3) is 0.231. The predicted molar refractivity (Wildman–Crippen MR) is 67.2 cm³/mol. The summed E-state index contributed by atoms with van der Waals surface area (Å²) < 4.78 is 9.95. The van der Waals surface area contributed by atoms with Crippen LogP contribution >= 0.6 is 0 Å². The fourth-order valence-electron chi connectivity index (χ4n) is 1.54. The van der Waals surface area contributed by atoms with Crippen LogP contribution in [0.3, 0.4) is 0 Å². The first-order valence-corrected chi connectivity index (χ1v) is 5.51. The second-order valence-electron chi connectivity index (χ2n) is 3.80. The van der Waals surface area contributed by atoms with Gasteiger partial charge in [-0.25, -0.2) is 0 Å². The van der Waals surface area contributed by atoms with E-state index in [0.29, 0.717) is 5.75 Å². The molecule has 1 atom stereocenters. The smallest absolute Gasteiger partial charge is 0.326 e. The van der Waals surface area contributed by atoms with E-state index in [1.807, 2.05) is 24.3 Å². The first-order valence-electron chi connectivity index (χ1n) is 5.51. The van der Waals surface area contributed by atoms with E-state index in [1.54, 1.807) is 12.3 Å². The molecule has 1 heterocycles. The zero-order valence-electron chi connectivity index (χ0n) is 10.00. The van der Waals surface area contributed by atoms with Gasteiger partial charge in [0.15, 0.2) is 0 Å². The van der Waals surface area contributed by atoms with E-state index in [-0.39, 0.29) is 6.61 Å². The molecule has 94 valence electrons. The average molecular weight is 246 g/mol. The lowest BCUT2D eigenvalue weighted by atomic mass is 10.2. The summed E-state index contributed by atoms with van der Waals surface area (Å²) >= 11 is 0. The number of hydrogen-bond donors (Lipinski definition) is 1. The van der Waals surface area contributed by atoms with Crippen LogP contribution in [0.4, 0.5) is 0 Å². The van der Waals surface area contributed by atoms with E-state index in [1.165, 1.54) is 7.11 Å². The first-order chi connectivity index (χ1) is 8.70. The SMILES string of the molecule is COC(=O)C(N)COc1ccc2cccnc2c1. The molecule has 2 aromatic rings. The Morgan fingerprint density at radius 1 is 1.44 bits per heavy atom. The Balaban J connectivity index is 2.06. The second-order valence-corrected chi connectivity index (χ2v) is 3.80. The van der Waals surface area contributed by atoms with Crippen LogP contribution in [0.25, 0.3) is 10.9 Å². The van der Waals surface area contributed by atoms with Gasteiger partial charge in [0.05, 0.1) is 12.6 Å². The van der Waals surface area contributed by atoms with Gasteiger partial charge >= 0.3 is 5.97 Å². The maximum Gasteiger partial charge on any atom is 0.326 e. The molecule has 0 aliphatic heterocycles. The molecule has 0 amide bonds. The van der Waals surface area contributed by atoms with Crippen molar-refractivity contribution in [3.8, 4) is 5.75 Å². The molecule has 5 nitrogen and oxygen atoms in total. The third-order valence-corrected chi connectivity index (χ3v) is 2.51. The van der Waals surface area contributed by atoms with Crippen LogP contribution in [0.15, 0.2) is 36.5 Å². The predicted octanol–water partition coefficient (Wildman–Crippen LogP) is 1.11. The van der Waals surface area contributed by atoms with Gasteiger partial charge in [-0.2, -0.15) is 0 Å². The Kier molecular flexibility index (Phi) is 3.74. The number of pyridine rings is 1. The highest BCUT2D eigenvalue weighted by molar-refractivity contribution is 5.79. The third kappa shape index (κ3) is 2.75. The van der Waals surface area contributed by atoms with E-state index >= 15 is 0 Å². The Hall–Kier alpha value is -2.14. The lowest BCUT2D eigenvalue weighted by Crippen LogP contribution is -2.37. The van der Waals surface area contributed by atoms with Gasteiger partial charge in [0, 0.05) is 17.6 Å². The van der Waals surface area contributed by atoms with E-state index in [2.05, 4.69) is 9.72 Å². The summed E-state index contributed by atoms with van der Waals surface area (Å²) in [6.45, 7) is 0.0744. The van der Waals surface area contributed by atoms with Gasteiger partial charge < -0.3 is 15.2 Å². The number of methoxy groups -OCH3 is 1. The van der Waals surface area contributed by atoms with Crippen molar-refractivity contribution >= 4 is 16.9 Å². The number of ether oxygens (including phenoxy) is 2. The van der Waals surface area contributed by atoms with Crippen molar-refractivity contribution in [1.82, 2.24) is 4.98 Å². The molecular weight excluding hydrogens is 232 g/mol. The minimum absolute atomic E-state index is 0.0744. The summed E-state index contributed by atoms with van der Waals surface area (Å²) in [6.07, 6.45) is 1.71. The lowest BCUT2D eigenvalue weighted by Gasteiger charge is -2.11. The monoisotopic (exact) mass is 246 g/mol. The molecule has 0 aliphatic rings. The molecule has 1 aromatic heterocycles. The number of carbonyl (C=O) groups is 1. The summed E-state index contributed by atoms with van der Waals surface area (Å²) in [6, 6.07) is 8.58.